The van der Waals surface area contributed by atoms with E-state index >= 15 is 0 Å². The van der Waals surface area contributed by atoms with Crippen LogP contribution in [-0.2, 0) is 5.41 Å². The van der Waals surface area contributed by atoms with Crippen molar-refractivity contribution >= 4 is 15.9 Å². The molecule has 1 fully saturated rings. The molecule has 78 valence electrons. The molecule has 0 unspecified atom stereocenters. The Morgan fingerprint density at radius 1 is 1.53 bits per heavy atom. The van der Waals surface area contributed by atoms with Gasteiger partial charge in [-0.15, -0.1) is 0 Å². The molecular weight excluding hydrogens is 261 g/mol. The number of halogens is 2. The zero-order valence-electron chi connectivity index (χ0n) is 8.18. The first-order valence-electron chi connectivity index (χ1n) is 4.58. The molecule has 0 aliphatic heterocycles. The van der Waals surface area contributed by atoms with Crippen LogP contribution in [0.1, 0.15) is 18.4 Å². The van der Waals surface area contributed by atoms with Gasteiger partial charge in [-0.25, -0.2) is 4.39 Å². The van der Waals surface area contributed by atoms with E-state index in [1.165, 1.54) is 13.2 Å². The summed E-state index contributed by atoms with van der Waals surface area (Å²) in [5, 5.41) is 9.04. The van der Waals surface area contributed by atoms with Crippen molar-refractivity contribution in [3.63, 3.8) is 0 Å². The number of rotatable bonds is 2. The van der Waals surface area contributed by atoms with Crippen molar-refractivity contribution in [1.82, 2.24) is 0 Å². The minimum absolute atomic E-state index is 0.375. The molecule has 1 aliphatic carbocycles. The van der Waals surface area contributed by atoms with Crippen molar-refractivity contribution in [2.75, 3.05) is 7.11 Å². The highest BCUT2D eigenvalue weighted by atomic mass is 79.9. The first-order chi connectivity index (χ1) is 7.13. The highest BCUT2D eigenvalue weighted by Gasteiger charge is 2.48. The molecule has 1 aromatic carbocycles. The Morgan fingerprint density at radius 3 is 2.67 bits per heavy atom. The van der Waals surface area contributed by atoms with Crippen molar-refractivity contribution in [3.8, 4) is 11.8 Å². The molecule has 4 heteroatoms. The molecule has 0 saturated heterocycles. The van der Waals surface area contributed by atoms with Crippen LogP contribution in [0, 0.1) is 17.1 Å². The van der Waals surface area contributed by atoms with Gasteiger partial charge in [-0.3, -0.25) is 0 Å². The fraction of sp³-hybridized carbons (Fsp3) is 0.364. The number of nitrogens with zero attached hydrogens (tertiary/aromatic N) is 1. The number of hydrogen-bond donors (Lipinski definition) is 0. The van der Waals surface area contributed by atoms with Crippen LogP contribution in [0.25, 0.3) is 0 Å². The van der Waals surface area contributed by atoms with Crippen LogP contribution in [0.15, 0.2) is 16.6 Å². The molecule has 0 spiro atoms. The fourth-order valence-electron chi connectivity index (χ4n) is 1.72. The summed E-state index contributed by atoms with van der Waals surface area (Å²) in [6, 6.07) is 5.23. The highest BCUT2D eigenvalue weighted by Crippen LogP contribution is 2.52. The van der Waals surface area contributed by atoms with E-state index < -0.39 is 5.41 Å². The number of nitriles is 1. The lowest BCUT2D eigenvalue weighted by molar-refractivity contribution is 0.401. The Hall–Kier alpha value is -1.08. The molecule has 0 N–H and O–H groups in total. The van der Waals surface area contributed by atoms with Gasteiger partial charge in [0.05, 0.1) is 24.2 Å². The summed E-state index contributed by atoms with van der Waals surface area (Å²) in [6.45, 7) is 0. The van der Waals surface area contributed by atoms with E-state index in [0.717, 1.165) is 0 Å². The van der Waals surface area contributed by atoms with Gasteiger partial charge in [0.25, 0.3) is 0 Å². The topological polar surface area (TPSA) is 33.0 Å². The number of methoxy groups -OCH3 is 1. The molecule has 0 atom stereocenters. The van der Waals surface area contributed by atoms with Crippen LogP contribution in [0.3, 0.4) is 0 Å². The predicted octanol–water partition coefficient (Wildman–Crippen LogP) is 3.15. The van der Waals surface area contributed by atoms with Gasteiger partial charge in [0.15, 0.2) is 0 Å². The van der Waals surface area contributed by atoms with E-state index in [0.29, 0.717) is 28.6 Å². The van der Waals surface area contributed by atoms with Crippen LogP contribution in [-0.4, -0.2) is 7.11 Å². The lowest BCUT2D eigenvalue weighted by Gasteiger charge is -2.13. The molecule has 1 aliphatic rings. The SMILES string of the molecule is COc1cc(Br)cc(F)c1C1(C#N)CC1. The smallest absolute Gasteiger partial charge is 0.132 e. The normalized spacial score (nSPS) is 16.9. The summed E-state index contributed by atoms with van der Waals surface area (Å²) in [7, 11) is 1.48. The molecule has 1 aromatic rings. The first-order valence-corrected chi connectivity index (χ1v) is 5.37. The summed E-state index contributed by atoms with van der Waals surface area (Å²) >= 11 is 3.19. The Labute approximate surface area is 95.8 Å². The largest absolute Gasteiger partial charge is 0.496 e. The van der Waals surface area contributed by atoms with E-state index in [1.54, 1.807) is 6.07 Å². The molecule has 15 heavy (non-hydrogen) atoms. The van der Waals surface area contributed by atoms with Crippen LogP contribution in [0.2, 0.25) is 0 Å². The van der Waals surface area contributed by atoms with Crippen LogP contribution in [0.5, 0.6) is 5.75 Å². The van der Waals surface area contributed by atoms with Crippen molar-refractivity contribution < 1.29 is 9.13 Å². The minimum atomic E-state index is -0.657. The zero-order valence-corrected chi connectivity index (χ0v) is 9.77. The Morgan fingerprint density at radius 2 is 2.20 bits per heavy atom. The van der Waals surface area contributed by atoms with Gasteiger partial charge in [-0.2, -0.15) is 5.26 Å². The molecule has 0 aromatic heterocycles. The third-order valence-electron chi connectivity index (χ3n) is 2.68. The van der Waals surface area contributed by atoms with Gasteiger partial charge >= 0.3 is 0 Å². The lowest BCUT2D eigenvalue weighted by atomic mass is 9.96. The Balaban J connectivity index is 2.60. The van der Waals surface area contributed by atoms with Crippen molar-refractivity contribution in [3.05, 3.63) is 28.0 Å². The summed E-state index contributed by atoms with van der Waals surface area (Å²) in [5.74, 6) is 0.0706. The molecular formula is C11H9BrFNO. The second kappa shape index (κ2) is 3.49. The van der Waals surface area contributed by atoms with E-state index in [1.807, 2.05) is 0 Å². The van der Waals surface area contributed by atoms with Gasteiger partial charge in [-0.05, 0) is 25.0 Å². The van der Waals surface area contributed by atoms with Crippen molar-refractivity contribution in [2.45, 2.75) is 18.3 Å². The molecule has 0 radical (unpaired) electrons. The Kier molecular flexibility index (Phi) is 2.43. The lowest BCUT2D eigenvalue weighted by Crippen LogP contribution is -2.08. The number of benzene rings is 1. The van der Waals surface area contributed by atoms with Crippen molar-refractivity contribution in [1.29, 1.82) is 5.26 Å². The second-order valence-corrected chi connectivity index (χ2v) is 4.57. The van der Waals surface area contributed by atoms with E-state index in [-0.39, 0.29) is 5.82 Å². The van der Waals surface area contributed by atoms with E-state index in [2.05, 4.69) is 22.0 Å². The summed E-state index contributed by atoms with van der Waals surface area (Å²) < 4.78 is 19.5. The fourth-order valence-corrected chi connectivity index (χ4v) is 2.13. The molecule has 0 heterocycles. The molecule has 0 amide bonds. The van der Waals surface area contributed by atoms with Crippen LogP contribution >= 0.6 is 15.9 Å². The summed E-state index contributed by atoms with van der Waals surface area (Å²) in [4.78, 5) is 0. The monoisotopic (exact) mass is 269 g/mol. The summed E-state index contributed by atoms with van der Waals surface area (Å²) in [6.07, 6.45) is 1.41. The third-order valence-corrected chi connectivity index (χ3v) is 3.14. The average Bonchev–Trinajstić information content (AvgIpc) is 2.97. The molecule has 2 nitrogen and oxygen atoms in total. The van der Waals surface area contributed by atoms with E-state index in [9.17, 15) is 4.39 Å². The average molecular weight is 270 g/mol. The quantitative estimate of drug-likeness (QED) is 0.827. The zero-order chi connectivity index (χ0) is 11.1. The van der Waals surface area contributed by atoms with Gasteiger partial charge in [-0.1, -0.05) is 15.9 Å². The molecule has 0 bridgehead atoms. The van der Waals surface area contributed by atoms with Crippen molar-refractivity contribution in [2.24, 2.45) is 0 Å². The maximum Gasteiger partial charge on any atom is 0.132 e. The summed E-state index contributed by atoms with van der Waals surface area (Å²) in [5.41, 5.74) is -0.258. The minimum Gasteiger partial charge on any atom is -0.496 e. The highest BCUT2D eigenvalue weighted by molar-refractivity contribution is 9.10. The standard InChI is InChI=1S/C11H9BrFNO/c1-15-9-5-7(12)4-8(13)10(9)11(6-14)2-3-11/h4-5H,2-3H2,1H3. The van der Waals surface area contributed by atoms with E-state index in [4.69, 9.17) is 10.00 Å². The van der Waals surface area contributed by atoms with Gasteiger partial charge in [0.1, 0.15) is 11.6 Å². The maximum atomic E-state index is 13.8. The second-order valence-electron chi connectivity index (χ2n) is 3.66. The Bertz CT molecular complexity index is 449. The predicted molar refractivity (Wildman–Crippen MR) is 57.2 cm³/mol. The maximum absolute atomic E-state index is 13.8. The van der Waals surface area contributed by atoms with Crippen LogP contribution in [0.4, 0.5) is 4.39 Å². The van der Waals surface area contributed by atoms with Crippen LogP contribution < -0.4 is 4.74 Å². The molecule has 2 rings (SSSR count). The van der Waals surface area contributed by atoms with Gasteiger partial charge < -0.3 is 4.74 Å². The van der Waals surface area contributed by atoms with Gasteiger partial charge in [0, 0.05) is 4.47 Å². The number of hydrogen-bond acceptors (Lipinski definition) is 2. The third kappa shape index (κ3) is 1.61. The van der Waals surface area contributed by atoms with Gasteiger partial charge in [0.2, 0.25) is 0 Å². The molecule has 1 saturated carbocycles. The first kappa shape index (κ1) is 10.4. The number of ether oxygens (including phenoxy) is 1.